The predicted molar refractivity (Wildman–Crippen MR) is 163 cm³/mol. The molecule has 0 heteroatoms. The van der Waals surface area contributed by atoms with Crippen LogP contribution in [0.15, 0.2) is 92.5 Å². The van der Waals surface area contributed by atoms with E-state index in [-0.39, 0.29) is 0 Å². The summed E-state index contributed by atoms with van der Waals surface area (Å²) in [6.45, 7) is 19.2. The van der Waals surface area contributed by atoms with Gasteiger partial charge >= 0.3 is 0 Å². The molecule has 5 aromatic carbocycles. The summed E-state index contributed by atoms with van der Waals surface area (Å²) in [7, 11) is 0. The molecule has 0 unspecified atom stereocenters. The fourth-order valence-electron chi connectivity index (χ4n) is 5.77. The maximum atomic E-state index is 4.31. The van der Waals surface area contributed by atoms with Crippen LogP contribution in [-0.2, 0) is 0 Å². The van der Waals surface area contributed by atoms with Crippen LogP contribution in [0.25, 0.3) is 67.7 Å². The minimum Gasteiger partial charge on any atom is -0.0984 e. The van der Waals surface area contributed by atoms with E-state index < -0.39 is 0 Å². The summed E-state index contributed by atoms with van der Waals surface area (Å²) in [5, 5.41) is 7.60. The first-order chi connectivity index (χ1) is 17.5. The summed E-state index contributed by atoms with van der Waals surface area (Å²) >= 11 is 0. The van der Waals surface area contributed by atoms with E-state index in [2.05, 4.69) is 119 Å². The van der Waals surface area contributed by atoms with Crippen molar-refractivity contribution in [2.45, 2.75) is 26.7 Å². The van der Waals surface area contributed by atoms with Crippen LogP contribution in [0.2, 0.25) is 0 Å². The summed E-state index contributed by atoms with van der Waals surface area (Å²) in [5.41, 5.74) is 8.44. The van der Waals surface area contributed by atoms with Gasteiger partial charge in [-0.05, 0) is 96.2 Å². The van der Waals surface area contributed by atoms with E-state index in [0.29, 0.717) is 5.92 Å². The van der Waals surface area contributed by atoms with Gasteiger partial charge in [0.25, 0.3) is 0 Å². The van der Waals surface area contributed by atoms with E-state index in [1.807, 2.05) is 18.2 Å². The molecule has 0 bridgehead atoms. The van der Waals surface area contributed by atoms with Gasteiger partial charge in [-0.1, -0.05) is 119 Å². The first kappa shape index (κ1) is 23.6. The van der Waals surface area contributed by atoms with E-state index in [1.165, 1.54) is 60.1 Å². The van der Waals surface area contributed by atoms with Crippen molar-refractivity contribution in [1.29, 1.82) is 0 Å². The molecule has 176 valence electrons. The van der Waals surface area contributed by atoms with Crippen molar-refractivity contribution in [3.8, 4) is 11.1 Å². The quantitative estimate of drug-likeness (QED) is 0.173. The van der Waals surface area contributed by atoms with E-state index >= 15 is 0 Å². The van der Waals surface area contributed by atoms with Crippen molar-refractivity contribution in [1.82, 2.24) is 0 Å². The molecule has 0 heterocycles. The van der Waals surface area contributed by atoms with Crippen molar-refractivity contribution in [3.63, 3.8) is 0 Å². The molecule has 0 saturated carbocycles. The van der Waals surface area contributed by atoms with Crippen molar-refractivity contribution in [2.24, 2.45) is 0 Å². The minimum atomic E-state index is 0.311. The molecular formula is C36H32. The van der Waals surface area contributed by atoms with Crippen LogP contribution in [0, 0.1) is 0 Å². The van der Waals surface area contributed by atoms with Crippen molar-refractivity contribution in [2.75, 3.05) is 0 Å². The second kappa shape index (κ2) is 9.47. The lowest BCUT2D eigenvalue weighted by Gasteiger charge is -2.25. The number of hydrogen-bond acceptors (Lipinski definition) is 0. The summed E-state index contributed by atoms with van der Waals surface area (Å²) < 4.78 is 0. The second-order valence-corrected chi connectivity index (χ2v) is 9.57. The predicted octanol–water partition coefficient (Wildman–Crippen LogP) is 10.9. The Hall–Kier alpha value is -4.16. The Balaban J connectivity index is 2.25. The summed E-state index contributed by atoms with van der Waals surface area (Å²) in [6.07, 6.45) is 10.3. The molecule has 0 aliphatic carbocycles. The standard InChI is InChI=1S/C36H32/c1-7-16-28-27(10-4)35-33(23(5)6)31-21-24(8-2)25(9-3)22-32(31)34(26-17-12-11-13-18-26)36(35)30-20-15-14-19-29(28)30/h7-23H,2-4H2,1,5-6H3/b16-7-. The largest absolute Gasteiger partial charge is 0.0984 e. The van der Waals surface area contributed by atoms with Gasteiger partial charge in [-0.3, -0.25) is 0 Å². The molecule has 0 N–H and O–H groups in total. The highest BCUT2D eigenvalue weighted by molar-refractivity contribution is 6.27. The van der Waals surface area contributed by atoms with E-state index in [4.69, 9.17) is 0 Å². The molecule has 0 aromatic heterocycles. The van der Waals surface area contributed by atoms with E-state index in [0.717, 1.165) is 11.1 Å². The summed E-state index contributed by atoms with van der Waals surface area (Å²) in [5.74, 6) is 0.311. The summed E-state index contributed by atoms with van der Waals surface area (Å²) in [4.78, 5) is 0. The zero-order valence-corrected chi connectivity index (χ0v) is 21.4. The van der Waals surface area contributed by atoms with Crippen LogP contribution >= 0.6 is 0 Å². The molecular weight excluding hydrogens is 432 g/mol. The Morgan fingerprint density at radius 3 is 1.83 bits per heavy atom. The number of rotatable bonds is 6. The molecule has 5 aromatic rings. The molecule has 0 radical (unpaired) electrons. The molecule has 0 saturated heterocycles. The number of allylic oxidation sites excluding steroid dienone is 1. The molecule has 5 rings (SSSR count). The van der Waals surface area contributed by atoms with Crippen molar-refractivity contribution in [3.05, 3.63) is 120 Å². The SMILES string of the molecule is C=Cc1cc2c(C(C)C)c3c(C=C)c(/C=C\C)c4ccccc4c3c(-c3ccccc3)c2cc1C=C. The van der Waals surface area contributed by atoms with E-state index in [9.17, 15) is 0 Å². The lowest BCUT2D eigenvalue weighted by atomic mass is 9.78. The Morgan fingerprint density at radius 2 is 1.25 bits per heavy atom. The molecule has 0 amide bonds. The first-order valence-corrected chi connectivity index (χ1v) is 12.6. The Morgan fingerprint density at radius 1 is 0.639 bits per heavy atom. The van der Waals surface area contributed by atoms with Crippen LogP contribution in [-0.4, -0.2) is 0 Å². The fourth-order valence-corrected chi connectivity index (χ4v) is 5.77. The van der Waals surface area contributed by atoms with Gasteiger partial charge in [0.15, 0.2) is 0 Å². The number of hydrogen-bond donors (Lipinski definition) is 0. The van der Waals surface area contributed by atoms with Crippen LogP contribution in [0.5, 0.6) is 0 Å². The zero-order valence-electron chi connectivity index (χ0n) is 21.4. The van der Waals surface area contributed by atoms with Crippen molar-refractivity contribution < 1.29 is 0 Å². The average molecular weight is 465 g/mol. The highest BCUT2D eigenvalue weighted by atomic mass is 14.3. The second-order valence-electron chi connectivity index (χ2n) is 9.57. The molecule has 0 aliphatic heterocycles. The monoisotopic (exact) mass is 464 g/mol. The maximum absolute atomic E-state index is 4.31. The number of fused-ring (bicyclic) bond motifs is 4. The third-order valence-corrected chi connectivity index (χ3v) is 7.22. The van der Waals surface area contributed by atoms with Gasteiger partial charge < -0.3 is 0 Å². The fraction of sp³-hybridized carbons (Fsp3) is 0.111. The van der Waals surface area contributed by atoms with Gasteiger partial charge in [-0.15, -0.1) is 0 Å². The molecule has 0 spiro atoms. The first-order valence-electron chi connectivity index (χ1n) is 12.6. The van der Waals surface area contributed by atoms with Crippen molar-refractivity contribution >= 4 is 56.6 Å². The molecule has 0 nitrogen and oxygen atoms in total. The van der Waals surface area contributed by atoms with E-state index in [1.54, 1.807) is 0 Å². The highest BCUT2D eigenvalue weighted by Crippen LogP contribution is 2.48. The Labute approximate surface area is 214 Å². The topological polar surface area (TPSA) is 0 Å². The van der Waals surface area contributed by atoms with Gasteiger partial charge in [0.05, 0.1) is 0 Å². The molecule has 0 atom stereocenters. The lowest BCUT2D eigenvalue weighted by molar-refractivity contribution is 0.885. The Bertz CT molecular complexity index is 1690. The van der Waals surface area contributed by atoms with Gasteiger partial charge in [0.2, 0.25) is 0 Å². The molecule has 36 heavy (non-hydrogen) atoms. The number of benzene rings is 5. The van der Waals surface area contributed by atoms with Crippen LogP contribution in [0.4, 0.5) is 0 Å². The van der Waals surface area contributed by atoms with Crippen LogP contribution < -0.4 is 0 Å². The van der Waals surface area contributed by atoms with Crippen LogP contribution in [0.1, 0.15) is 54.5 Å². The minimum absolute atomic E-state index is 0.311. The summed E-state index contributed by atoms with van der Waals surface area (Å²) in [6, 6.07) is 24.2. The molecule has 0 aliphatic rings. The third kappa shape index (κ3) is 3.53. The van der Waals surface area contributed by atoms with Crippen LogP contribution in [0.3, 0.4) is 0 Å². The highest BCUT2D eigenvalue weighted by Gasteiger charge is 2.23. The van der Waals surface area contributed by atoms with Gasteiger partial charge in [0, 0.05) is 0 Å². The smallest absolute Gasteiger partial charge is 0.00110 e. The van der Waals surface area contributed by atoms with Gasteiger partial charge in [-0.25, -0.2) is 0 Å². The zero-order chi connectivity index (χ0) is 25.4. The van der Waals surface area contributed by atoms with Gasteiger partial charge in [-0.2, -0.15) is 0 Å². The third-order valence-electron chi connectivity index (χ3n) is 7.22. The van der Waals surface area contributed by atoms with Gasteiger partial charge in [0.1, 0.15) is 0 Å². The Kier molecular flexibility index (Phi) is 6.20. The molecule has 0 fully saturated rings. The lowest BCUT2D eigenvalue weighted by Crippen LogP contribution is -2.01. The normalized spacial score (nSPS) is 11.7. The average Bonchev–Trinajstić information content (AvgIpc) is 2.91. The maximum Gasteiger partial charge on any atom is -0.00110 e.